The molecule has 0 aliphatic carbocycles. The molecule has 0 radical (unpaired) electrons. The number of esters is 1. The molecule has 3 atom stereocenters. The second kappa shape index (κ2) is 9.45. The molecule has 0 N–H and O–H groups in total. The Morgan fingerprint density at radius 1 is 1.42 bits per heavy atom. The Hall–Kier alpha value is -1.84. The summed E-state index contributed by atoms with van der Waals surface area (Å²) in [6.45, 7) is 5.29. The van der Waals surface area contributed by atoms with E-state index in [4.69, 9.17) is 4.74 Å². The molecule has 136 valence electrons. The topological polar surface area (TPSA) is 116 Å². The number of thioether (sulfide) groups is 1. The van der Waals surface area contributed by atoms with E-state index < -0.39 is 23.2 Å². The number of carbonyl (C=O) groups excluding carboxylic acids is 3. The molecule has 0 saturated carbocycles. The van der Waals surface area contributed by atoms with Crippen LogP contribution < -0.4 is 0 Å². The van der Waals surface area contributed by atoms with Gasteiger partial charge < -0.3 is 14.5 Å². The Bertz CT molecular complexity index is 500. The van der Waals surface area contributed by atoms with Gasteiger partial charge in [-0.2, -0.15) is 0 Å². The molecular weight excluding hydrogens is 340 g/mol. The molecule has 24 heavy (non-hydrogen) atoms. The Morgan fingerprint density at radius 3 is 2.62 bits per heavy atom. The highest BCUT2D eigenvalue weighted by atomic mass is 32.2. The first kappa shape index (κ1) is 20.2. The van der Waals surface area contributed by atoms with Crippen molar-refractivity contribution in [3.63, 3.8) is 0 Å². The van der Waals surface area contributed by atoms with Gasteiger partial charge in [0.05, 0.1) is 6.61 Å². The van der Waals surface area contributed by atoms with Crippen LogP contribution in [-0.2, 0) is 24.0 Å². The van der Waals surface area contributed by atoms with Gasteiger partial charge in [-0.3, -0.25) is 9.59 Å². The molecule has 0 aromatic heterocycles. The maximum absolute atomic E-state index is 12.4. The summed E-state index contributed by atoms with van der Waals surface area (Å²) in [5.74, 6) is -1.06. The molecule has 1 aliphatic heterocycles. The van der Waals surface area contributed by atoms with Gasteiger partial charge in [-0.15, -0.1) is 10.1 Å². The van der Waals surface area contributed by atoms with Gasteiger partial charge in [0.15, 0.2) is 11.2 Å². The minimum Gasteiger partial charge on any atom is -0.464 e. The van der Waals surface area contributed by atoms with Crippen LogP contribution in [0.4, 0.5) is 0 Å². The van der Waals surface area contributed by atoms with Crippen LogP contribution in [0.1, 0.15) is 40.0 Å². The third-order valence-electron chi connectivity index (χ3n) is 3.40. The van der Waals surface area contributed by atoms with E-state index in [0.717, 1.165) is 11.8 Å². The molecule has 1 heterocycles. The number of hydrogen-bond donors (Lipinski definition) is 0. The highest BCUT2D eigenvalue weighted by molar-refractivity contribution is 8.14. The van der Waals surface area contributed by atoms with E-state index in [-0.39, 0.29) is 42.3 Å². The fraction of sp³-hybridized carbons (Fsp3) is 0.786. The molecule has 0 aromatic carbocycles. The van der Waals surface area contributed by atoms with Crippen molar-refractivity contribution in [3.8, 4) is 0 Å². The molecule has 9 nitrogen and oxygen atoms in total. The zero-order chi connectivity index (χ0) is 18.3. The van der Waals surface area contributed by atoms with Gasteiger partial charge in [0.25, 0.3) is 5.09 Å². The quantitative estimate of drug-likeness (QED) is 0.359. The summed E-state index contributed by atoms with van der Waals surface area (Å²) in [6, 6.07) is -1.14. The Labute approximate surface area is 144 Å². The van der Waals surface area contributed by atoms with Gasteiger partial charge in [-0.25, -0.2) is 4.79 Å². The zero-order valence-corrected chi connectivity index (χ0v) is 14.7. The lowest BCUT2D eigenvalue weighted by molar-refractivity contribution is -0.768. The van der Waals surface area contributed by atoms with Crippen LogP contribution in [-0.4, -0.2) is 57.5 Å². The van der Waals surface area contributed by atoms with Crippen molar-refractivity contribution < 1.29 is 29.0 Å². The van der Waals surface area contributed by atoms with Crippen LogP contribution in [0.15, 0.2) is 0 Å². The fourth-order valence-electron chi connectivity index (χ4n) is 2.52. The van der Waals surface area contributed by atoms with Gasteiger partial charge in [0.2, 0.25) is 5.91 Å². The summed E-state index contributed by atoms with van der Waals surface area (Å²) in [5, 5.41) is 9.28. The van der Waals surface area contributed by atoms with Crippen molar-refractivity contribution in [2.24, 2.45) is 0 Å². The third-order valence-corrected chi connectivity index (χ3v) is 4.30. The summed E-state index contributed by atoms with van der Waals surface area (Å²) in [4.78, 5) is 52.1. The van der Waals surface area contributed by atoms with Crippen LogP contribution in [0.3, 0.4) is 0 Å². The molecule has 2 unspecified atom stereocenters. The molecule has 1 amide bonds. The number of hydrogen-bond acceptors (Lipinski definition) is 8. The number of carbonyl (C=O) groups is 3. The molecule has 0 aromatic rings. The van der Waals surface area contributed by atoms with Gasteiger partial charge in [0.1, 0.15) is 6.10 Å². The maximum atomic E-state index is 12.4. The van der Waals surface area contributed by atoms with Gasteiger partial charge in [0, 0.05) is 25.1 Å². The molecule has 0 bridgehead atoms. The van der Waals surface area contributed by atoms with Crippen molar-refractivity contribution in [1.82, 2.24) is 4.90 Å². The van der Waals surface area contributed by atoms with Gasteiger partial charge in [-0.05, 0) is 12.8 Å². The Kier molecular flexibility index (Phi) is 7.96. The minimum absolute atomic E-state index is 0.0486. The smallest absolute Gasteiger partial charge is 0.331 e. The summed E-state index contributed by atoms with van der Waals surface area (Å²) in [7, 11) is 0. The number of nitrogens with zero attached hydrogens (tertiary/aromatic N) is 2. The second-order valence-corrected chi connectivity index (χ2v) is 7.10. The molecular formula is C14H22N2O7S. The molecule has 10 heteroatoms. The fourth-order valence-corrected chi connectivity index (χ4v) is 3.31. The second-order valence-electron chi connectivity index (χ2n) is 5.48. The average molecular weight is 362 g/mol. The van der Waals surface area contributed by atoms with Crippen molar-refractivity contribution in [1.29, 1.82) is 0 Å². The molecule has 0 spiro atoms. The first-order valence-corrected chi connectivity index (χ1v) is 8.58. The Morgan fingerprint density at radius 2 is 2.08 bits per heavy atom. The molecule has 1 aliphatic rings. The van der Waals surface area contributed by atoms with E-state index >= 15 is 0 Å². The van der Waals surface area contributed by atoms with Crippen molar-refractivity contribution >= 4 is 28.8 Å². The molecule has 1 rings (SSSR count). The normalized spacial score (nSPS) is 21.2. The first-order valence-electron chi connectivity index (χ1n) is 7.70. The van der Waals surface area contributed by atoms with Crippen LogP contribution in [0.25, 0.3) is 0 Å². The highest BCUT2D eigenvalue weighted by Gasteiger charge is 2.45. The van der Waals surface area contributed by atoms with Crippen LogP contribution in [0, 0.1) is 10.1 Å². The minimum atomic E-state index is -1.14. The predicted octanol–water partition coefficient (Wildman–Crippen LogP) is 1.18. The Balaban J connectivity index is 2.81. The van der Waals surface area contributed by atoms with Crippen molar-refractivity contribution in [2.45, 2.75) is 57.4 Å². The van der Waals surface area contributed by atoms with E-state index in [1.54, 1.807) is 6.92 Å². The van der Waals surface area contributed by atoms with E-state index in [1.165, 1.54) is 11.8 Å². The van der Waals surface area contributed by atoms with Crippen LogP contribution in [0.5, 0.6) is 0 Å². The summed E-state index contributed by atoms with van der Waals surface area (Å²) >= 11 is 1.03. The van der Waals surface area contributed by atoms with E-state index in [1.807, 2.05) is 6.92 Å². The largest absolute Gasteiger partial charge is 0.464 e. The summed E-state index contributed by atoms with van der Waals surface area (Å²) in [5.41, 5.74) is 0. The van der Waals surface area contributed by atoms with Crippen LogP contribution >= 0.6 is 11.8 Å². The lowest BCUT2D eigenvalue weighted by Crippen LogP contribution is -2.47. The molecule has 1 fully saturated rings. The van der Waals surface area contributed by atoms with E-state index in [9.17, 15) is 24.5 Å². The standard InChI is InChI=1S/C14H22N2O7S/c1-4-7-22-14(19)13-11(23-16(20)21)5-6-15(13)12(18)8-9(2)24-10(3)17/h9,11,13H,4-8H2,1-3H3/t9?,11?,13-/m0/s1. The SMILES string of the molecule is CCCOC(=O)[C@@H]1C(O[N+](=O)[O-])CCN1C(=O)CC(C)SC(C)=O. The van der Waals surface area contributed by atoms with E-state index in [2.05, 4.69) is 4.84 Å². The lowest BCUT2D eigenvalue weighted by atomic mass is 10.1. The predicted molar refractivity (Wildman–Crippen MR) is 85.6 cm³/mol. The number of ether oxygens (including phenoxy) is 1. The van der Waals surface area contributed by atoms with Crippen molar-refractivity contribution in [2.75, 3.05) is 13.2 Å². The van der Waals surface area contributed by atoms with Crippen LogP contribution in [0.2, 0.25) is 0 Å². The number of likely N-dealkylation sites (tertiary alicyclic amines) is 1. The number of rotatable bonds is 8. The monoisotopic (exact) mass is 362 g/mol. The van der Waals surface area contributed by atoms with Crippen molar-refractivity contribution in [3.05, 3.63) is 10.1 Å². The third kappa shape index (κ3) is 5.99. The summed E-state index contributed by atoms with van der Waals surface area (Å²) < 4.78 is 5.04. The summed E-state index contributed by atoms with van der Waals surface area (Å²) in [6.07, 6.45) is -0.219. The van der Waals surface area contributed by atoms with E-state index in [0.29, 0.717) is 6.42 Å². The average Bonchev–Trinajstić information content (AvgIpc) is 2.86. The number of amides is 1. The molecule has 1 saturated heterocycles. The first-order chi connectivity index (χ1) is 11.3. The van der Waals surface area contributed by atoms with Gasteiger partial charge >= 0.3 is 5.97 Å². The lowest BCUT2D eigenvalue weighted by Gasteiger charge is -2.26. The van der Waals surface area contributed by atoms with Gasteiger partial charge in [-0.1, -0.05) is 25.6 Å². The highest BCUT2D eigenvalue weighted by Crippen LogP contribution is 2.25. The maximum Gasteiger partial charge on any atom is 0.331 e. The zero-order valence-electron chi connectivity index (χ0n) is 13.9.